The van der Waals surface area contributed by atoms with Gasteiger partial charge in [-0.2, -0.15) is 0 Å². The molecular weight excluding hydrogens is 307 g/mol. The van der Waals surface area contributed by atoms with Crippen molar-refractivity contribution < 1.29 is 0 Å². The fourth-order valence-corrected chi connectivity index (χ4v) is 3.04. The van der Waals surface area contributed by atoms with Crippen molar-refractivity contribution in [2.45, 2.75) is 0 Å². The van der Waals surface area contributed by atoms with E-state index < -0.39 is 0 Å². The molecule has 2 aliphatic heterocycles. The molecule has 0 fully saturated rings. The van der Waals surface area contributed by atoms with Gasteiger partial charge in [0.05, 0.1) is 22.8 Å². The van der Waals surface area contributed by atoms with Crippen LogP contribution >= 0.6 is 0 Å². The summed E-state index contributed by atoms with van der Waals surface area (Å²) in [7, 11) is 6.13. The molecule has 3 aromatic heterocycles. The predicted octanol–water partition coefficient (Wildman–Crippen LogP) is 3.45. The van der Waals surface area contributed by atoms with E-state index in [0.29, 0.717) is 5.46 Å². The molecule has 2 radical (unpaired) electrons. The number of aromatic nitrogens is 4. The van der Waals surface area contributed by atoms with E-state index in [-0.39, 0.29) is 0 Å². The van der Waals surface area contributed by atoms with E-state index in [1.807, 2.05) is 66.8 Å². The molecule has 0 aromatic carbocycles. The number of rotatable bonds is 0. The molecule has 5 heteroatoms. The summed E-state index contributed by atoms with van der Waals surface area (Å²) in [6.07, 6.45) is 7.94. The van der Waals surface area contributed by atoms with Crippen LogP contribution in [0.15, 0.2) is 42.5 Å². The van der Waals surface area contributed by atoms with Gasteiger partial charge in [-0.25, -0.2) is 9.97 Å². The molecule has 0 aliphatic carbocycles. The molecular formula is C20H13BN4. The third-order valence-corrected chi connectivity index (χ3v) is 4.20. The van der Waals surface area contributed by atoms with Gasteiger partial charge in [0.2, 0.25) is 0 Å². The standard InChI is InChI=1S/C20H13BN4/c21-19-10-18-9-16-4-3-14(23-16)7-12-1-2-13(22-12)8-15-5-6-17(24-15)11-20(19)25-18/h1-11,23,25H. The molecule has 0 amide bonds. The van der Waals surface area contributed by atoms with Crippen molar-refractivity contribution in [3.8, 4) is 0 Å². The van der Waals surface area contributed by atoms with Crippen LogP contribution in [0.25, 0.3) is 46.4 Å². The molecule has 0 saturated carbocycles. The fourth-order valence-electron chi connectivity index (χ4n) is 3.04. The van der Waals surface area contributed by atoms with Crippen LogP contribution in [0.3, 0.4) is 0 Å². The van der Waals surface area contributed by atoms with Gasteiger partial charge in [-0.1, -0.05) is 5.46 Å². The summed E-state index contributed by atoms with van der Waals surface area (Å²) in [6.45, 7) is 0. The number of fused-ring (bicyclic) bond motifs is 8. The van der Waals surface area contributed by atoms with Gasteiger partial charge in [0, 0.05) is 22.1 Å². The van der Waals surface area contributed by atoms with Crippen molar-refractivity contribution in [3.63, 3.8) is 0 Å². The third-order valence-electron chi connectivity index (χ3n) is 4.20. The molecule has 0 saturated heterocycles. The lowest BCUT2D eigenvalue weighted by Gasteiger charge is -1.87. The van der Waals surface area contributed by atoms with Gasteiger partial charge in [0.25, 0.3) is 0 Å². The molecule has 4 nitrogen and oxygen atoms in total. The van der Waals surface area contributed by atoms with Crippen LogP contribution in [-0.2, 0) is 0 Å². The summed E-state index contributed by atoms with van der Waals surface area (Å²) < 4.78 is 0. The normalized spacial score (nSPS) is 12.6. The maximum Gasteiger partial charge on any atom is 0.116 e. The average molecular weight is 320 g/mol. The average Bonchev–Trinajstić information content (AvgIpc) is 3.33. The Bertz CT molecular complexity index is 1210. The van der Waals surface area contributed by atoms with Crippen molar-refractivity contribution in [1.29, 1.82) is 0 Å². The van der Waals surface area contributed by atoms with Crippen LogP contribution in [0.1, 0.15) is 22.8 Å². The minimum atomic E-state index is 0.698. The second-order valence-corrected chi connectivity index (χ2v) is 6.13. The maximum absolute atomic E-state index is 6.13. The van der Waals surface area contributed by atoms with Gasteiger partial charge < -0.3 is 9.97 Å². The van der Waals surface area contributed by atoms with Crippen LogP contribution in [0.2, 0.25) is 0 Å². The second kappa shape index (κ2) is 5.35. The van der Waals surface area contributed by atoms with Crippen molar-refractivity contribution in [3.05, 3.63) is 65.2 Å². The topological polar surface area (TPSA) is 57.4 Å². The van der Waals surface area contributed by atoms with Crippen LogP contribution in [0.4, 0.5) is 0 Å². The van der Waals surface area contributed by atoms with Crippen LogP contribution in [-0.4, -0.2) is 27.8 Å². The number of hydrogen-bond donors (Lipinski definition) is 2. The van der Waals surface area contributed by atoms with E-state index in [9.17, 15) is 0 Å². The summed E-state index contributed by atoms with van der Waals surface area (Å²) in [5.74, 6) is 0. The van der Waals surface area contributed by atoms with Gasteiger partial charge in [0.15, 0.2) is 0 Å². The van der Waals surface area contributed by atoms with E-state index in [1.165, 1.54) is 0 Å². The van der Waals surface area contributed by atoms with Gasteiger partial charge >= 0.3 is 0 Å². The van der Waals surface area contributed by atoms with E-state index in [1.54, 1.807) is 0 Å². The quantitative estimate of drug-likeness (QED) is 0.429. The monoisotopic (exact) mass is 320 g/mol. The Kier molecular flexibility index (Phi) is 3.00. The highest BCUT2D eigenvalue weighted by Crippen LogP contribution is 2.16. The first-order valence-corrected chi connectivity index (χ1v) is 8.05. The zero-order chi connectivity index (χ0) is 16.8. The SMILES string of the molecule is [B]c1cc2cc3ccc(cc4nc(cc5nc(cc1[nH]2)C=C5)C=C4)[nH]3. The molecule has 0 spiro atoms. The van der Waals surface area contributed by atoms with Crippen molar-refractivity contribution >= 4 is 59.7 Å². The highest BCUT2D eigenvalue weighted by atomic mass is 14.8. The molecule has 5 heterocycles. The Hall–Kier alpha value is -3.34. The zero-order valence-corrected chi connectivity index (χ0v) is 13.3. The Balaban J connectivity index is 1.87. The van der Waals surface area contributed by atoms with Crippen LogP contribution in [0, 0.1) is 0 Å². The molecule has 5 rings (SSSR count). The lowest BCUT2D eigenvalue weighted by atomic mass is 9.98. The molecule has 0 atom stereocenters. The summed E-state index contributed by atoms with van der Waals surface area (Å²) in [4.78, 5) is 15.9. The largest absolute Gasteiger partial charge is 0.356 e. The first-order chi connectivity index (χ1) is 12.2. The van der Waals surface area contributed by atoms with Crippen LogP contribution < -0.4 is 5.46 Å². The number of nitrogens with one attached hydrogen (secondary N) is 2. The molecule has 3 aromatic rings. The Morgan fingerprint density at radius 3 is 1.92 bits per heavy atom. The lowest BCUT2D eigenvalue weighted by Crippen LogP contribution is -1.96. The van der Waals surface area contributed by atoms with Crippen molar-refractivity contribution in [2.24, 2.45) is 0 Å². The van der Waals surface area contributed by atoms with Gasteiger partial charge in [-0.15, -0.1) is 0 Å². The number of H-pyrrole nitrogens is 2. The van der Waals surface area contributed by atoms with E-state index in [4.69, 9.17) is 7.85 Å². The molecule has 116 valence electrons. The van der Waals surface area contributed by atoms with Crippen molar-refractivity contribution in [2.75, 3.05) is 0 Å². The number of hydrogen-bond acceptors (Lipinski definition) is 2. The molecule has 2 N–H and O–H groups in total. The summed E-state index contributed by atoms with van der Waals surface area (Å²) in [5.41, 5.74) is 8.04. The first-order valence-electron chi connectivity index (χ1n) is 8.05. The van der Waals surface area contributed by atoms with Gasteiger partial charge in [0.1, 0.15) is 7.85 Å². The van der Waals surface area contributed by atoms with Gasteiger partial charge in [-0.05, 0) is 66.8 Å². The highest BCUT2D eigenvalue weighted by Gasteiger charge is 2.03. The predicted molar refractivity (Wildman–Crippen MR) is 104 cm³/mol. The molecule has 0 unspecified atom stereocenters. The smallest absolute Gasteiger partial charge is 0.116 e. The molecule has 2 aliphatic rings. The number of nitrogens with zero attached hydrogens (tertiary/aromatic N) is 2. The zero-order valence-electron chi connectivity index (χ0n) is 13.3. The fraction of sp³-hybridized carbons (Fsp3) is 0. The first kappa shape index (κ1) is 14.0. The second-order valence-electron chi connectivity index (χ2n) is 6.13. The van der Waals surface area contributed by atoms with E-state index in [2.05, 4.69) is 19.9 Å². The van der Waals surface area contributed by atoms with Crippen LogP contribution in [0.5, 0.6) is 0 Å². The minimum Gasteiger partial charge on any atom is -0.356 e. The number of aromatic amines is 2. The van der Waals surface area contributed by atoms with E-state index >= 15 is 0 Å². The Morgan fingerprint density at radius 2 is 1.20 bits per heavy atom. The molecule has 25 heavy (non-hydrogen) atoms. The lowest BCUT2D eigenvalue weighted by molar-refractivity contribution is 1.28. The third kappa shape index (κ3) is 2.70. The Morgan fingerprint density at radius 1 is 0.600 bits per heavy atom. The summed E-state index contributed by atoms with van der Waals surface area (Å²) in [6, 6.07) is 14.0. The summed E-state index contributed by atoms with van der Waals surface area (Å²) in [5, 5.41) is 0. The molecule has 8 bridgehead atoms. The maximum atomic E-state index is 6.13. The van der Waals surface area contributed by atoms with Crippen molar-refractivity contribution in [1.82, 2.24) is 19.9 Å². The summed E-state index contributed by atoms with van der Waals surface area (Å²) >= 11 is 0. The highest BCUT2D eigenvalue weighted by molar-refractivity contribution is 6.37. The van der Waals surface area contributed by atoms with Gasteiger partial charge in [-0.3, -0.25) is 0 Å². The Labute approximate surface area is 145 Å². The minimum absolute atomic E-state index is 0.698. The van der Waals surface area contributed by atoms with E-state index in [0.717, 1.165) is 44.8 Å².